The van der Waals surface area contributed by atoms with Gasteiger partial charge in [-0.1, -0.05) is 224 Å². The Hall–Kier alpha value is -11.6. The number of ether oxygens (including phenoxy) is 5. The molecule has 9 aromatic carbocycles. The van der Waals surface area contributed by atoms with Crippen molar-refractivity contribution in [2.75, 3.05) is 33.0 Å². The number of unbranched alkanes of at least 4 members (excludes halogenated alkanes) is 7. The number of rotatable bonds is 32. The van der Waals surface area contributed by atoms with Gasteiger partial charge in [0.2, 0.25) is 0 Å². The summed E-state index contributed by atoms with van der Waals surface area (Å²) in [5, 5.41) is 32.8. The van der Waals surface area contributed by atoms with Crippen LogP contribution in [0.1, 0.15) is 182 Å². The third-order valence-electron chi connectivity index (χ3n) is 19.7. The van der Waals surface area contributed by atoms with Crippen LogP contribution in [0.15, 0.2) is 200 Å². The summed E-state index contributed by atoms with van der Waals surface area (Å²) in [6.45, 7) is 33.0. The lowest BCUT2D eigenvalue weighted by atomic mass is 9.86. The Balaban J connectivity index is 0.000000182. The van der Waals surface area contributed by atoms with Gasteiger partial charge < -0.3 is 39.0 Å². The number of phenols is 3. The summed E-state index contributed by atoms with van der Waals surface area (Å²) >= 11 is 0. The average molecular weight is 1530 g/mol. The molecule has 0 fully saturated rings. The van der Waals surface area contributed by atoms with Gasteiger partial charge in [0, 0.05) is 51.6 Å². The Labute approximate surface area is 674 Å². The summed E-state index contributed by atoms with van der Waals surface area (Å²) in [6.07, 6.45) is 13.9. The quantitative estimate of drug-likeness (QED) is 0.0333. The molecule has 17 heteroatoms. The van der Waals surface area contributed by atoms with Gasteiger partial charge in [-0.05, 0) is 171 Å². The molecule has 0 aliphatic heterocycles. The average Bonchev–Trinajstić information content (AvgIpc) is 0.792. The molecule has 0 aliphatic rings. The van der Waals surface area contributed by atoms with Crippen molar-refractivity contribution >= 4 is 0 Å². The highest BCUT2D eigenvalue weighted by Gasteiger charge is 2.23. The fourth-order valence-electron chi connectivity index (χ4n) is 12.8. The summed E-state index contributed by atoms with van der Waals surface area (Å²) in [5.74, 6) is 8.72. The molecule has 0 spiro atoms. The van der Waals surface area contributed by atoms with E-state index in [2.05, 4.69) is 118 Å². The Morgan fingerprint density at radius 2 is 0.605 bits per heavy atom. The van der Waals surface area contributed by atoms with E-state index in [-0.39, 0.29) is 28.1 Å². The topological polar surface area (TPSA) is 223 Å². The fraction of sp³-hybridized carbons (Fsp3) is 0.351. The van der Waals surface area contributed by atoms with E-state index in [9.17, 15) is 15.3 Å². The van der Waals surface area contributed by atoms with Crippen LogP contribution >= 0.6 is 0 Å². The molecule has 3 N–H and O–H groups in total. The van der Waals surface area contributed by atoms with Crippen molar-refractivity contribution in [2.45, 2.75) is 185 Å². The number of phenolic OH excluding ortho intramolecular Hbond substituents is 3. The van der Waals surface area contributed by atoms with Crippen LogP contribution in [0.2, 0.25) is 0 Å². The number of aromatic nitrogens is 9. The maximum Gasteiger partial charge on any atom is 0.167 e. The van der Waals surface area contributed by atoms with E-state index in [1.54, 1.807) is 24.3 Å². The van der Waals surface area contributed by atoms with Crippen molar-refractivity contribution in [1.82, 2.24) is 44.9 Å². The van der Waals surface area contributed by atoms with Crippen molar-refractivity contribution in [3.63, 3.8) is 0 Å². The molecule has 0 bridgehead atoms. The lowest BCUT2D eigenvalue weighted by Crippen LogP contribution is -2.11. The Morgan fingerprint density at radius 3 is 0.947 bits per heavy atom. The second kappa shape index (κ2) is 41.3. The summed E-state index contributed by atoms with van der Waals surface area (Å²) in [7, 11) is 0. The number of hydrogen-bond acceptors (Lipinski definition) is 17. The number of benzene rings is 9. The second-order valence-electron chi connectivity index (χ2n) is 30.7. The van der Waals surface area contributed by atoms with E-state index in [1.807, 2.05) is 155 Å². The van der Waals surface area contributed by atoms with Crippen molar-refractivity contribution in [1.29, 1.82) is 0 Å². The van der Waals surface area contributed by atoms with Crippen LogP contribution in [-0.4, -0.2) is 93.2 Å². The minimum absolute atomic E-state index is 0.0467. The largest absolute Gasteiger partial charge is 0.507 e. The molecule has 594 valence electrons. The van der Waals surface area contributed by atoms with Gasteiger partial charge in [0.1, 0.15) is 46.0 Å². The van der Waals surface area contributed by atoms with Crippen molar-refractivity contribution in [3.8, 4) is 148 Å². The fourth-order valence-corrected chi connectivity index (χ4v) is 12.8. The highest BCUT2D eigenvalue weighted by atomic mass is 16.5. The molecule has 12 aromatic rings. The van der Waals surface area contributed by atoms with E-state index in [4.69, 9.17) is 68.5 Å². The molecule has 0 saturated carbocycles. The molecule has 0 radical (unpaired) electrons. The molecule has 114 heavy (non-hydrogen) atoms. The van der Waals surface area contributed by atoms with Crippen LogP contribution in [0, 0.1) is 19.8 Å². The standard InChI is InChI=1S/C37H47N3O2.C31H35N3O2.C29H31N3O4/c1-8-9-10-11-12-13-24-42-30-22-23-31(32(41)25-30)35-39-33(26-14-18-28(19-15-26)36(2,3)4)38-34(40-35)27-16-20-29(21-17-27)37(5,6)7;1-5-7-14-23(6-2)20-36-24-17-18-27(28(35)19-24)31-33-29(25-15-10-8-12-21(25)3)32-30(34-31)26-16-11-9-13-22(26)4;1-4-7-18-36-24-16-17-25(26(33)19-24)29-31-27(20-8-12-22(13-9-20)34-5-2)30-28(32-29)21-10-14-23(15-11-21)35-6-3/h14-23,25,41H,8-13,24H2,1-7H3;8-13,15-19,23,35H,5-7,14,20H2,1-4H3;8-17,19,33H,4-7,18H2,1-3H3. The molecule has 3 heterocycles. The van der Waals surface area contributed by atoms with Crippen molar-refractivity contribution < 1.29 is 39.0 Å². The monoisotopic (exact) mass is 1530 g/mol. The van der Waals surface area contributed by atoms with Crippen LogP contribution < -0.4 is 23.7 Å². The number of nitrogens with zero attached hydrogens (tertiary/aromatic N) is 9. The van der Waals surface area contributed by atoms with Gasteiger partial charge in [0.25, 0.3) is 0 Å². The van der Waals surface area contributed by atoms with Gasteiger partial charge in [-0.25, -0.2) is 44.9 Å². The first-order valence-electron chi connectivity index (χ1n) is 40.5. The van der Waals surface area contributed by atoms with Crippen LogP contribution in [0.3, 0.4) is 0 Å². The molecule has 17 nitrogen and oxygen atoms in total. The molecule has 1 unspecified atom stereocenters. The van der Waals surface area contributed by atoms with E-state index < -0.39 is 0 Å². The smallest absolute Gasteiger partial charge is 0.167 e. The number of aryl methyl sites for hydroxylation is 2. The predicted octanol–water partition coefficient (Wildman–Crippen LogP) is 24.3. The van der Waals surface area contributed by atoms with Gasteiger partial charge in [-0.3, -0.25) is 0 Å². The molecular formula is C97H113N9O8. The van der Waals surface area contributed by atoms with Crippen LogP contribution in [-0.2, 0) is 10.8 Å². The minimum Gasteiger partial charge on any atom is -0.507 e. The maximum absolute atomic E-state index is 11.0. The lowest BCUT2D eigenvalue weighted by Gasteiger charge is -2.19. The summed E-state index contributed by atoms with van der Waals surface area (Å²) < 4.78 is 28.8. The summed E-state index contributed by atoms with van der Waals surface area (Å²) in [6, 6.07) is 64.0. The highest BCUT2D eigenvalue weighted by Crippen LogP contribution is 2.39. The van der Waals surface area contributed by atoms with Crippen LogP contribution in [0.5, 0.6) is 46.0 Å². The van der Waals surface area contributed by atoms with E-state index >= 15 is 0 Å². The zero-order chi connectivity index (χ0) is 81.2. The van der Waals surface area contributed by atoms with Crippen LogP contribution in [0.4, 0.5) is 0 Å². The molecule has 0 amide bonds. The lowest BCUT2D eigenvalue weighted by molar-refractivity contribution is 0.232. The second-order valence-corrected chi connectivity index (χ2v) is 30.7. The molecular weight excluding hydrogens is 1420 g/mol. The van der Waals surface area contributed by atoms with Gasteiger partial charge in [0.15, 0.2) is 52.4 Å². The highest BCUT2D eigenvalue weighted by molar-refractivity contribution is 5.75. The van der Waals surface area contributed by atoms with E-state index in [0.717, 1.165) is 94.5 Å². The van der Waals surface area contributed by atoms with E-state index in [0.29, 0.717) is 125 Å². The van der Waals surface area contributed by atoms with Gasteiger partial charge in [0.05, 0.1) is 49.7 Å². The zero-order valence-corrected chi connectivity index (χ0v) is 69.1. The summed E-state index contributed by atoms with van der Waals surface area (Å²) in [5.41, 5.74) is 11.6. The normalized spacial score (nSPS) is 11.6. The first-order chi connectivity index (χ1) is 55.1. The SMILES string of the molecule is CCCCC(CC)COc1ccc(-c2nc(-c3ccccc3C)nc(-c3ccccc3C)n2)c(O)c1.CCCCCCCCOc1ccc(-c2nc(-c3ccc(C(C)(C)C)cc3)nc(-c3ccc(C(C)(C)C)cc3)n2)c(O)c1.CCCCOc1ccc(-c2nc(-c3ccc(OCC)cc3)nc(-c3ccc(OCC)cc3)n2)c(O)c1. The first-order valence-corrected chi connectivity index (χ1v) is 40.5. The van der Waals surface area contributed by atoms with Gasteiger partial charge in [-0.15, -0.1) is 0 Å². The molecule has 3 aromatic heterocycles. The Bertz CT molecular complexity index is 4830. The third-order valence-corrected chi connectivity index (χ3v) is 19.7. The number of aromatic hydroxyl groups is 3. The third kappa shape index (κ3) is 23.7. The first kappa shape index (κ1) is 84.9. The zero-order valence-electron chi connectivity index (χ0n) is 69.1. The Morgan fingerprint density at radius 1 is 0.298 bits per heavy atom. The van der Waals surface area contributed by atoms with Crippen LogP contribution in [0.25, 0.3) is 102 Å². The molecule has 0 aliphatic carbocycles. The van der Waals surface area contributed by atoms with Gasteiger partial charge in [-0.2, -0.15) is 0 Å². The minimum atomic E-state index is 0.0467. The molecule has 0 saturated heterocycles. The van der Waals surface area contributed by atoms with Gasteiger partial charge >= 0.3 is 0 Å². The number of hydrogen-bond donors (Lipinski definition) is 3. The Kier molecular flexibility index (Phi) is 30.7. The van der Waals surface area contributed by atoms with Crippen molar-refractivity contribution in [3.05, 3.63) is 222 Å². The summed E-state index contributed by atoms with van der Waals surface area (Å²) in [4.78, 5) is 43.0. The maximum atomic E-state index is 11.0. The molecule has 12 rings (SSSR count). The predicted molar refractivity (Wildman–Crippen MR) is 461 cm³/mol. The molecule has 1 atom stereocenters. The van der Waals surface area contributed by atoms with Crippen molar-refractivity contribution in [2.24, 2.45) is 5.92 Å². The van der Waals surface area contributed by atoms with E-state index in [1.165, 1.54) is 49.7 Å².